The molecule has 1 saturated heterocycles. The summed E-state index contributed by atoms with van der Waals surface area (Å²) in [7, 11) is 0. The number of hydrogen-bond acceptors (Lipinski definition) is 6. The fourth-order valence-electron chi connectivity index (χ4n) is 2.70. The Balaban J connectivity index is 2.00. The quantitative estimate of drug-likeness (QED) is 0.843. The van der Waals surface area contributed by atoms with Gasteiger partial charge in [0.2, 0.25) is 5.95 Å². The number of hydrogen-bond donors (Lipinski definition) is 2. The van der Waals surface area contributed by atoms with Gasteiger partial charge in [-0.3, -0.25) is 0 Å². The van der Waals surface area contributed by atoms with Gasteiger partial charge in [0.25, 0.3) is 0 Å². The van der Waals surface area contributed by atoms with E-state index in [0.717, 1.165) is 12.8 Å². The third-order valence-electron chi connectivity index (χ3n) is 3.84. The van der Waals surface area contributed by atoms with Crippen molar-refractivity contribution in [2.45, 2.75) is 45.4 Å². The van der Waals surface area contributed by atoms with Crippen LogP contribution in [0, 0.1) is 5.92 Å². The zero-order valence-corrected chi connectivity index (χ0v) is 15.1. The summed E-state index contributed by atoms with van der Waals surface area (Å²) >= 11 is 0. The lowest BCUT2D eigenvalue weighted by molar-refractivity contribution is -0.137. The minimum Gasteiger partial charge on any atom is -0.444 e. The molecule has 146 valence electrons. The normalized spacial score (nSPS) is 18.5. The molecular weight excluding hydrogens is 351 g/mol. The molecule has 10 heteroatoms. The summed E-state index contributed by atoms with van der Waals surface area (Å²) in [6, 6.07) is 0. The number of nitrogens with one attached hydrogen (secondary N) is 1. The van der Waals surface area contributed by atoms with E-state index in [1.165, 1.54) is 0 Å². The molecule has 26 heavy (non-hydrogen) atoms. The number of nitrogens with two attached hydrogens (primary N) is 1. The molecule has 2 heterocycles. The minimum absolute atomic E-state index is 0.0199. The number of carbonyl (C=O) groups is 1. The van der Waals surface area contributed by atoms with E-state index in [2.05, 4.69) is 15.3 Å². The summed E-state index contributed by atoms with van der Waals surface area (Å²) in [5.74, 6) is -0.604. The maximum atomic E-state index is 13.0. The molecule has 0 bridgehead atoms. The van der Waals surface area contributed by atoms with Gasteiger partial charge in [-0.1, -0.05) is 0 Å². The number of ether oxygens (including phenoxy) is 1. The van der Waals surface area contributed by atoms with Gasteiger partial charge in [0, 0.05) is 25.8 Å². The van der Waals surface area contributed by atoms with Crippen LogP contribution in [0.2, 0.25) is 0 Å². The summed E-state index contributed by atoms with van der Waals surface area (Å²) in [6.07, 6.45) is -2.79. The Hall–Kier alpha value is -2.26. The van der Waals surface area contributed by atoms with Crippen molar-refractivity contribution in [3.05, 3.63) is 11.8 Å². The van der Waals surface area contributed by atoms with E-state index in [4.69, 9.17) is 10.5 Å². The number of nitrogens with zero attached hydrogens (tertiary/aromatic N) is 3. The maximum absolute atomic E-state index is 13.0. The zero-order valence-electron chi connectivity index (χ0n) is 15.1. The zero-order chi connectivity index (χ0) is 19.5. The molecular formula is C16H24F3N5O2. The van der Waals surface area contributed by atoms with Gasteiger partial charge in [-0.2, -0.15) is 18.2 Å². The molecule has 1 amide bonds. The summed E-state index contributed by atoms with van der Waals surface area (Å²) in [4.78, 5) is 20.8. The van der Waals surface area contributed by atoms with Gasteiger partial charge in [0.05, 0.1) is 0 Å². The number of aromatic nitrogens is 2. The Morgan fingerprint density at radius 2 is 2.12 bits per heavy atom. The van der Waals surface area contributed by atoms with E-state index in [1.807, 2.05) is 0 Å². The third-order valence-corrected chi connectivity index (χ3v) is 3.84. The molecule has 0 saturated carbocycles. The lowest BCUT2D eigenvalue weighted by Gasteiger charge is -2.34. The Morgan fingerprint density at radius 1 is 1.42 bits per heavy atom. The van der Waals surface area contributed by atoms with Crippen LogP contribution in [-0.4, -0.2) is 46.2 Å². The van der Waals surface area contributed by atoms with Crippen LogP contribution in [0.25, 0.3) is 0 Å². The molecule has 1 aromatic rings. The Labute approximate surface area is 150 Å². The van der Waals surface area contributed by atoms with E-state index in [9.17, 15) is 18.0 Å². The third kappa shape index (κ3) is 5.63. The maximum Gasteiger partial charge on any atom is 0.421 e. The molecule has 1 aromatic heterocycles. The standard InChI is InChI=1S/C16H24F3N5O2/c1-15(2,3)26-14(25)24-6-4-5-10(9-24)7-21-12-11(16(17,18)19)8-22-13(20)23-12/h8,10H,4-7,9H2,1-3H3,(H3,20,21,22,23)/t10-/m1/s1. The van der Waals surface area contributed by atoms with E-state index in [0.29, 0.717) is 19.3 Å². The fourth-order valence-corrected chi connectivity index (χ4v) is 2.70. The Kier molecular flexibility index (Phi) is 5.82. The number of carbonyl (C=O) groups excluding carboxylic acids is 1. The monoisotopic (exact) mass is 375 g/mol. The predicted molar refractivity (Wildman–Crippen MR) is 90.5 cm³/mol. The highest BCUT2D eigenvalue weighted by Crippen LogP contribution is 2.33. The van der Waals surface area contributed by atoms with E-state index in [1.54, 1.807) is 25.7 Å². The molecule has 1 aliphatic heterocycles. The first-order chi connectivity index (χ1) is 12.0. The highest BCUT2D eigenvalue weighted by molar-refractivity contribution is 5.68. The van der Waals surface area contributed by atoms with E-state index >= 15 is 0 Å². The average molecular weight is 375 g/mol. The molecule has 0 aromatic carbocycles. The topological polar surface area (TPSA) is 93.4 Å². The summed E-state index contributed by atoms with van der Waals surface area (Å²) in [6.45, 7) is 6.56. The summed E-state index contributed by atoms with van der Waals surface area (Å²) in [5, 5.41) is 2.71. The largest absolute Gasteiger partial charge is 0.444 e. The highest BCUT2D eigenvalue weighted by Gasteiger charge is 2.35. The van der Waals surface area contributed by atoms with Crippen LogP contribution in [0.3, 0.4) is 0 Å². The Morgan fingerprint density at radius 3 is 2.73 bits per heavy atom. The van der Waals surface area contributed by atoms with Crippen LogP contribution in [0.1, 0.15) is 39.2 Å². The summed E-state index contributed by atoms with van der Waals surface area (Å²) in [5.41, 5.74) is 3.84. The number of alkyl halides is 3. The molecule has 2 rings (SSSR count). The van der Waals surface area contributed by atoms with Crippen LogP contribution < -0.4 is 11.1 Å². The first kappa shape index (κ1) is 20.1. The number of nitrogen functional groups attached to an aromatic ring is 1. The number of rotatable bonds is 3. The number of halogens is 3. The molecule has 0 aliphatic carbocycles. The lowest BCUT2D eigenvalue weighted by Crippen LogP contribution is -2.44. The summed E-state index contributed by atoms with van der Waals surface area (Å²) < 4.78 is 44.5. The van der Waals surface area contributed by atoms with Gasteiger partial charge in [-0.25, -0.2) is 9.78 Å². The average Bonchev–Trinajstić information content (AvgIpc) is 2.50. The molecule has 0 spiro atoms. The van der Waals surface area contributed by atoms with Crippen molar-refractivity contribution >= 4 is 17.9 Å². The lowest BCUT2D eigenvalue weighted by atomic mass is 9.98. The van der Waals surface area contributed by atoms with Crippen molar-refractivity contribution in [1.29, 1.82) is 0 Å². The van der Waals surface area contributed by atoms with Crippen molar-refractivity contribution in [2.24, 2.45) is 5.92 Å². The van der Waals surface area contributed by atoms with Gasteiger partial charge >= 0.3 is 12.3 Å². The molecule has 0 unspecified atom stereocenters. The second-order valence-electron chi connectivity index (χ2n) is 7.30. The van der Waals surface area contributed by atoms with Gasteiger partial charge in [-0.05, 0) is 39.5 Å². The number of piperidine rings is 1. The fraction of sp³-hybridized carbons (Fsp3) is 0.688. The molecule has 0 radical (unpaired) electrons. The van der Waals surface area contributed by atoms with Crippen LogP contribution in [0.4, 0.5) is 29.7 Å². The van der Waals surface area contributed by atoms with Crippen LogP contribution in [0.15, 0.2) is 6.20 Å². The first-order valence-electron chi connectivity index (χ1n) is 8.37. The molecule has 1 aliphatic rings. The van der Waals surface area contributed by atoms with Crippen molar-refractivity contribution < 1.29 is 22.7 Å². The van der Waals surface area contributed by atoms with Crippen LogP contribution in [0.5, 0.6) is 0 Å². The van der Waals surface area contributed by atoms with Gasteiger partial charge in [-0.15, -0.1) is 0 Å². The molecule has 3 N–H and O–H groups in total. The van der Waals surface area contributed by atoms with Crippen molar-refractivity contribution in [1.82, 2.24) is 14.9 Å². The minimum atomic E-state index is -4.58. The second kappa shape index (κ2) is 7.55. The number of amides is 1. The van der Waals surface area contributed by atoms with Crippen molar-refractivity contribution in [3.8, 4) is 0 Å². The second-order valence-corrected chi connectivity index (χ2v) is 7.30. The number of anilines is 2. The SMILES string of the molecule is CC(C)(C)OC(=O)N1CCC[C@H](CNc2nc(N)ncc2C(F)(F)F)C1. The van der Waals surface area contributed by atoms with Crippen LogP contribution >= 0.6 is 0 Å². The van der Waals surface area contributed by atoms with Crippen molar-refractivity contribution in [3.63, 3.8) is 0 Å². The van der Waals surface area contributed by atoms with Crippen molar-refractivity contribution in [2.75, 3.05) is 30.7 Å². The Bertz CT molecular complexity index is 646. The van der Waals surface area contributed by atoms with Gasteiger partial charge in [0.1, 0.15) is 17.0 Å². The van der Waals surface area contributed by atoms with Crippen LogP contribution in [-0.2, 0) is 10.9 Å². The number of likely N-dealkylation sites (tertiary alicyclic amines) is 1. The van der Waals surface area contributed by atoms with E-state index in [-0.39, 0.29) is 24.2 Å². The van der Waals surface area contributed by atoms with Gasteiger partial charge in [0.15, 0.2) is 0 Å². The smallest absolute Gasteiger partial charge is 0.421 e. The first-order valence-corrected chi connectivity index (χ1v) is 8.37. The van der Waals surface area contributed by atoms with E-state index < -0.39 is 23.4 Å². The molecule has 1 atom stereocenters. The van der Waals surface area contributed by atoms with Gasteiger partial charge < -0.3 is 20.7 Å². The molecule has 7 nitrogen and oxygen atoms in total. The molecule has 1 fully saturated rings. The predicted octanol–water partition coefficient (Wildman–Crippen LogP) is 3.14. The highest BCUT2D eigenvalue weighted by atomic mass is 19.4.